The Morgan fingerprint density at radius 3 is 2.79 bits per heavy atom. The molecule has 2 aromatic rings. The number of carbonyl (C=O) groups excluding carboxylic acids is 1. The highest BCUT2D eigenvalue weighted by molar-refractivity contribution is 6.05. The molecule has 19 heavy (non-hydrogen) atoms. The molecule has 1 aromatic heterocycles. The highest BCUT2D eigenvalue weighted by Gasteiger charge is 2.13. The Bertz CT molecular complexity index is 611. The van der Waals surface area contributed by atoms with E-state index in [0.29, 0.717) is 11.6 Å². The standard InChI is InChI=1S/C14H14N2O3/c1-9-4-3-5-13(15-9)16-14(18)11-8-10(19-2)6-7-12(11)17/h3-8,17H,1-2H3,(H,15,16,18). The van der Waals surface area contributed by atoms with E-state index in [9.17, 15) is 9.90 Å². The van der Waals surface area contributed by atoms with Crippen molar-refractivity contribution in [1.82, 2.24) is 4.98 Å². The monoisotopic (exact) mass is 258 g/mol. The molecule has 1 heterocycles. The zero-order valence-corrected chi connectivity index (χ0v) is 10.7. The van der Waals surface area contributed by atoms with E-state index < -0.39 is 5.91 Å². The van der Waals surface area contributed by atoms with Crippen LogP contribution >= 0.6 is 0 Å². The predicted octanol–water partition coefficient (Wildman–Crippen LogP) is 2.36. The van der Waals surface area contributed by atoms with Crippen LogP contribution in [0.5, 0.6) is 11.5 Å². The number of nitrogens with zero attached hydrogens (tertiary/aromatic N) is 1. The Kier molecular flexibility index (Phi) is 3.66. The van der Waals surface area contributed by atoms with Gasteiger partial charge in [-0.3, -0.25) is 4.79 Å². The molecule has 0 saturated carbocycles. The fraction of sp³-hybridized carbons (Fsp3) is 0.143. The molecule has 98 valence electrons. The molecule has 0 spiro atoms. The molecule has 2 N–H and O–H groups in total. The summed E-state index contributed by atoms with van der Waals surface area (Å²) < 4.78 is 5.02. The van der Waals surface area contributed by atoms with Crippen molar-refractivity contribution in [2.24, 2.45) is 0 Å². The zero-order valence-electron chi connectivity index (χ0n) is 10.7. The number of hydrogen-bond acceptors (Lipinski definition) is 4. The SMILES string of the molecule is COc1ccc(O)c(C(=O)Nc2cccc(C)n2)c1. The summed E-state index contributed by atoms with van der Waals surface area (Å²) in [5, 5.41) is 12.3. The number of carbonyl (C=O) groups is 1. The lowest BCUT2D eigenvalue weighted by atomic mass is 10.1. The second-order valence-corrected chi connectivity index (χ2v) is 4.00. The van der Waals surface area contributed by atoms with Crippen molar-refractivity contribution in [3.63, 3.8) is 0 Å². The van der Waals surface area contributed by atoms with Gasteiger partial charge in [-0.1, -0.05) is 6.07 Å². The number of phenolic OH excluding ortho intramolecular Hbond substituents is 1. The number of amides is 1. The lowest BCUT2D eigenvalue weighted by molar-refractivity contribution is 0.102. The summed E-state index contributed by atoms with van der Waals surface area (Å²) in [5.74, 6) is 0.396. The van der Waals surface area contributed by atoms with Crippen molar-refractivity contribution >= 4 is 11.7 Å². The minimum absolute atomic E-state index is 0.106. The molecule has 0 fully saturated rings. The summed E-state index contributed by atoms with van der Waals surface area (Å²) in [6.45, 7) is 1.83. The van der Waals surface area contributed by atoms with E-state index in [0.717, 1.165) is 5.69 Å². The van der Waals surface area contributed by atoms with Crippen LogP contribution < -0.4 is 10.1 Å². The Hall–Kier alpha value is -2.56. The molecular weight excluding hydrogens is 244 g/mol. The number of methoxy groups -OCH3 is 1. The first kappa shape index (κ1) is 12.9. The fourth-order valence-corrected chi connectivity index (χ4v) is 1.62. The van der Waals surface area contributed by atoms with E-state index in [1.807, 2.05) is 13.0 Å². The molecular formula is C14H14N2O3. The van der Waals surface area contributed by atoms with Gasteiger partial charge in [-0.15, -0.1) is 0 Å². The van der Waals surface area contributed by atoms with Crippen LogP contribution in [0.25, 0.3) is 0 Å². The summed E-state index contributed by atoms with van der Waals surface area (Å²) in [6, 6.07) is 9.78. The first-order valence-electron chi connectivity index (χ1n) is 5.72. The van der Waals surface area contributed by atoms with Gasteiger partial charge in [0.2, 0.25) is 0 Å². The van der Waals surface area contributed by atoms with Crippen LogP contribution in [0.3, 0.4) is 0 Å². The summed E-state index contributed by atoms with van der Waals surface area (Å²) in [4.78, 5) is 16.2. The van der Waals surface area contributed by atoms with Crippen LogP contribution in [0.15, 0.2) is 36.4 Å². The van der Waals surface area contributed by atoms with E-state index in [1.165, 1.54) is 19.2 Å². The van der Waals surface area contributed by atoms with Gasteiger partial charge in [-0.05, 0) is 37.3 Å². The maximum absolute atomic E-state index is 12.0. The minimum Gasteiger partial charge on any atom is -0.507 e. The number of aromatic nitrogens is 1. The average Bonchev–Trinajstić information content (AvgIpc) is 2.39. The van der Waals surface area contributed by atoms with E-state index >= 15 is 0 Å². The molecule has 2 rings (SSSR count). The average molecular weight is 258 g/mol. The third-order valence-electron chi connectivity index (χ3n) is 2.58. The smallest absolute Gasteiger partial charge is 0.260 e. The van der Waals surface area contributed by atoms with Crippen LogP contribution in [-0.4, -0.2) is 23.1 Å². The number of benzene rings is 1. The summed E-state index contributed by atoms with van der Waals surface area (Å²) in [6.07, 6.45) is 0. The second-order valence-electron chi connectivity index (χ2n) is 4.00. The maximum Gasteiger partial charge on any atom is 0.260 e. The molecule has 5 nitrogen and oxygen atoms in total. The maximum atomic E-state index is 12.0. The first-order chi connectivity index (χ1) is 9.10. The highest BCUT2D eigenvalue weighted by Crippen LogP contribution is 2.23. The minimum atomic E-state index is -0.436. The van der Waals surface area contributed by atoms with Crippen molar-refractivity contribution < 1.29 is 14.6 Å². The van der Waals surface area contributed by atoms with Gasteiger partial charge >= 0.3 is 0 Å². The van der Waals surface area contributed by atoms with Gasteiger partial charge in [0.1, 0.15) is 17.3 Å². The Morgan fingerprint density at radius 2 is 2.11 bits per heavy atom. The van der Waals surface area contributed by atoms with Crippen molar-refractivity contribution in [1.29, 1.82) is 0 Å². The Labute approximate surface area is 110 Å². The summed E-state index contributed by atoms with van der Waals surface area (Å²) in [5.41, 5.74) is 0.940. The summed E-state index contributed by atoms with van der Waals surface area (Å²) in [7, 11) is 1.50. The first-order valence-corrected chi connectivity index (χ1v) is 5.72. The number of ether oxygens (including phenoxy) is 1. The molecule has 0 aliphatic carbocycles. The normalized spacial score (nSPS) is 10.0. The van der Waals surface area contributed by atoms with Crippen molar-refractivity contribution in [3.05, 3.63) is 47.7 Å². The number of aryl methyl sites for hydroxylation is 1. The third kappa shape index (κ3) is 3.01. The van der Waals surface area contributed by atoms with Crippen molar-refractivity contribution in [3.8, 4) is 11.5 Å². The third-order valence-corrected chi connectivity index (χ3v) is 2.58. The van der Waals surface area contributed by atoms with E-state index in [1.54, 1.807) is 18.2 Å². The van der Waals surface area contributed by atoms with Crippen LogP contribution in [0.2, 0.25) is 0 Å². The quantitative estimate of drug-likeness (QED) is 0.886. The van der Waals surface area contributed by atoms with Crippen LogP contribution in [0.4, 0.5) is 5.82 Å². The van der Waals surface area contributed by atoms with Crippen LogP contribution in [-0.2, 0) is 0 Å². The fourth-order valence-electron chi connectivity index (χ4n) is 1.62. The Balaban J connectivity index is 2.25. The highest BCUT2D eigenvalue weighted by atomic mass is 16.5. The van der Waals surface area contributed by atoms with Gasteiger partial charge in [-0.2, -0.15) is 0 Å². The summed E-state index contributed by atoms with van der Waals surface area (Å²) >= 11 is 0. The molecule has 1 amide bonds. The van der Waals surface area contributed by atoms with Crippen LogP contribution in [0, 0.1) is 6.92 Å². The van der Waals surface area contributed by atoms with Gasteiger partial charge in [0, 0.05) is 5.69 Å². The van der Waals surface area contributed by atoms with Gasteiger partial charge in [0.05, 0.1) is 12.7 Å². The second kappa shape index (κ2) is 5.39. The lowest BCUT2D eigenvalue weighted by Gasteiger charge is -2.08. The van der Waals surface area contributed by atoms with Gasteiger partial charge in [0.15, 0.2) is 0 Å². The molecule has 0 unspecified atom stereocenters. The molecule has 0 bridgehead atoms. The molecule has 0 aliphatic rings. The molecule has 0 aliphatic heterocycles. The predicted molar refractivity (Wildman–Crippen MR) is 71.6 cm³/mol. The van der Waals surface area contributed by atoms with Gasteiger partial charge in [-0.25, -0.2) is 4.98 Å². The van der Waals surface area contributed by atoms with Crippen LogP contribution in [0.1, 0.15) is 16.1 Å². The number of pyridine rings is 1. The van der Waals surface area contributed by atoms with Gasteiger partial charge in [0.25, 0.3) is 5.91 Å². The van der Waals surface area contributed by atoms with Gasteiger partial charge < -0.3 is 15.2 Å². The number of anilines is 1. The number of nitrogens with one attached hydrogen (secondary N) is 1. The molecule has 0 saturated heterocycles. The lowest BCUT2D eigenvalue weighted by Crippen LogP contribution is -2.13. The number of aromatic hydroxyl groups is 1. The topological polar surface area (TPSA) is 71.5 Å². The zero-order chi connectivity index (χ0) is 13.8. The van der Waals surface area contributed by atoms with E-state index in [4.69, 9.17) is 4.74 Å². The number of hydrogen-bond donors (Lipinski definition) is 2. The Morgan fingerprint density at radius 1 is 1.32 bits per heavy atom. The molecule has 1 aromatic carbocycles. The van der Waals surface area contributed by atoms with Crippen molar-refractivity contribution in [2.75, 3.05) is 12.4 Å². The van der Waals surface area contributed by atoms with Crippen molar-refractivity contribution in [2.45, 2.75) is 6.92 Å². The van der Waals surface area contributed by atoms with E-state index in [2.05, 4.69) is 10.3 Å². The molecule has 0 radical (unpaired) electrons. The number of rotatable bonds is 3. The molecule has 5 heteroatoms. The van der Waals surface area contributed by atoms with E-state index in [-0.39, 0.29) is 11.3 Å². The molecule has 0 atom stereocenters. The number of phenols is 1. The largest absolute Gasteiger partial charge is 0.507 e.